The van der Waals surface area contributed by atoms with Crippen LogP contribution in [-0.4, -0.2) is 61.7 Å². The average Bonchev–Trinajstić information content (AvgIpc) is 3.26. The summed E-state index contributed by atoms with van der Waals surface area (Å²) in [6.07, 6.45) is 6.14. The van der Waals surface area contributed by atoms with Crippen molar-refractivity contribution in [1.82, 2.24) is 29.4 Å². The van der Waals surface area contributed by atoms with Crippen molar-refractivity contribution in [1.29, 1.82) is 0 Å². The first-order valence-electron chi connectivity index (χ1n) is 8.90. The van der Waals surface area contributed by atoms with Gasteiger partial charge in [-0.2, -0.15) is 5.10 Å². The number of likely N-dealkylation sites (tertiary alicyclic amines) is 1. The van der Waals surface area contributed by atoms with E-state index in [4.69, 9.17) is 4.74 Å². The molecule has 3 heterocycles. The van der Waals surface area contributed by atoms with E-state index in [0.29, 0.717) is 32.7 Å². The van der Waals surface area contributed by atoms with E-state index >= 15 is 0 Å². The number of hydrogen-bond donors (Lipinski definition) is 0. The molecule has 2 aromatic rings. The summed E-state index contributed by atoms with van der Waals surface area (Å²) in [5.41, 5.74) is 0. The van der Waals surface area contributed by atoms with Crippen molar-refractivity contribution in [3.8, 4) is 0 Å². The number of piperidine rings is 1. The van der Waals surface area contributed by atoms with Crippen molar-refractivity contribution in [2.24, 2.45) is 7.05 Å². The SMILES string of the molecule is CCOCCC(=O)N1CCC[C@@H](c2nnc(Cn3cccn3)n2C)C1. The van der Waals surface area contributed by atoms with Crippen LogP contribution in [0.5, 0.6) is 0 Å². The molecule has 0 aromatic carbocycles. The van der Waals surface area contributed by atoms with E-state index in [1.165, 1.54) is 0 Å². The molecule has 136 valence electrons. The van der Waals surface area contributed by atoms with E-state index in [1.807, 2.05) is 40.4 Å². The van der Waals surface area contributed by atoms with Gasteiger partial charge in [-0.05, 0) is 25.8 Å². The van der Waals surface area contributed by atoms with Gasteiger partial charge in [0.2, 0.25) is 5.91 Å². The van der Waals surface area contributed by atoms with Gasteiger partial charge in [0.15, 0.2) is 5.82 Å². The lowest BCUT2D eigenvalue weighted by Crippen LogP contribution is -2.40. The van der Waals surface area contributed by atoms with Crippen molar-refractivity contribution < 1.29 is 9.53 Å². The van der Waals surface area contributed by atoms with E-state index in [0.717, 1.165) is 31.0 Å². The van der Waals surface area contributed by atoms with Gasteiger partial charge < -0.3 is 14.2 Å². The highest BCUT2D eigenvalue weighted by atomic mass is 16.5. The van der Waals surface area contributed by atoms with Gasteiger partial charge in [0.05, 0.1) is 13.0 Å². The zero-order valence-corrected chi connectivity index (χ0v) is 15.0. The molecule has 0 radical (unpaired) electrons. The fourth-order valence-electron chi connectivity index (χ4n) is 3.28. The normalized spacial score (nSPS) is 17.8. The number of amides is 1. The Morgan fingerprint density at radius 1 is 1.40 bits per heavy atom. The van der Waals surface area contributed by atoms with E-state index in [9.17, 15) is 4.79 Å². The van der Waals surface area contributed by atoms with Crippen LogP contribution in [0.1, 0.15) is 43.8 Å². The van der Waals surface area contributed by atoms with Crippen LogP contribution in [0.3, 0.4) is 0 Å². The minimum atomic E-state index is 0.164. The smallest absolute Gasteiger partial charge is 0.224 e. The molecule has 0 bridgehead atoms. The minimum Gasteiger partial charge on any atom is -0.381 e. The predicted molar refractivity (Wildman–Crippen MR) is 92.0 cm³/mol. The third-order valence-electron chi connectivity index (χ3n) is 4.66. The van der Waals surface area contributed by atoms with Gasteiger partial charge in [-0.15, -0.1) is 10.2 Å². The quantitative estimate of drug-likeness (QED) is 0.704. The second-order valence-electron chi connectivity index (χ2n) is 6.36. The maximum absolute atomic E-state index is 12.3. The summed E-state index contributed by atoms with van der Waals surface area (Å²) in [5.74, 6) is 2.22. The Labute approximate surface area is 147 Å². The Kier molecular flexibility index (Phi) is 5.80. The Morgan fingerprint density at radius 2 is 2.28 bits per heavy atom. The van der Waals surface area contributed by atoms with Crippen molar-refractivity contribution in [2.75, 3.05) is 26.3 Å². The van der Waals surface area contributed by atoms with Crippen LogP contribution in [0.25, 0.3) is 0 Å². The molecule has 0 unspecified atom stereocenters. The number of aromatic nitrogens is 5. The maximum atomic E-state index is 12.3. The molecule has 25 heavy (non-hydrogen) atoms. The van der Waals surface area contributed by atoms with Crippen LogP contribution in [0.4, 0.5) is 0 Å². The summed E-state index contributed by atoms with van der Waals surface area (Å²) >= 11 is 0. The topological polar surface area (TPSA) is 78.1 Å². The molecular weight excluding hydrogens is 320 g/mol. The van der Waals surface area contributed by atoms with Crippen LogP contribution >= 0.6 is 0 Å². The number of hydrogen-bond acceptors (Lipinski definition) is 5. The molecule has 0 aliphatic carbocycles. The van der Waals surface area contributed by atoms with Gasteiger partial charge >= 0.3 is 0 Å². The van der Waals surface area contributed by atoms with Crippen molar-refractivity contribution >= 4 is 5.91 Å². The summed E-state index contributed by atoms with van der Waals surface area (Å²) < 4.78 is 9.17. The molecule has 0 N–H and O–H groups in total. The van der Waals surface area contributed by atoms with Gasteiger partial charge in [-0.1, -0.05) is 0 Å². The molecule has 2 aromatic heterocycles. The first kappa shape index (κ1) is 17.6. The number of rotatable bonds is 7. The molecule has 1 atom stereocenters. The Hall–Kier alpha value is -2.22. The van der Waals surface area contributed by atoms with E-state index in [2.05, 4.69) is 15.3 Å². The molecule has 1 aliphatic heterocycles. The van der Waals surface area contributed by atoms with Crippen molar-refractivity contribution in [3.05, 3.63) is 30.1 Å². The predicted octanol–water partition coefficient (Wildman–Crippen LogP) is 1.19. The first-order valence-corrected chi connectivity index (χ1v) is 8.90. The lowest BCUT2D eigenvalue weighted by molar-refractivity contribution is -0.133. The molecule has 0 spiro atoms. The second kappa shape index (κ2) is 8.24. The maximum Gasteiger partial charge on any atom is 0.224 e. The molecule has 1 amide bonds. The minimum absolute atomic E-state index is 0.164. The highest BCUT2D eigenvalue weighted by Crippen LogP contribution is 2.26. The van der Waals surface area contributed by atoms with Gasteiger partial charge in [0.1, 0.15) is 12.4 Å². The Balaban J connectivity index is 1.63. The van der Waals surface area contributed by atoms with Crippen LogP contribution < -0.4 is 0 Å². The number of carbonyl (C=O) groups excluding carboxylic acids is 1. The van der Waals surface area contributed by atoms with Gasteiger partial charge in [0, 0.05) is 45.1 Å². The van der Waals surface area contributed by atoms with Crippen LogP contribution in [0.15, 0.2) is 18.5 Å². The summed E-state index contributed by atoms with van der Waals surface area (Å²) in [6.45, 7) is 5.21. The Bertz CT molecular complexity index is 681. The highest BCUT2D eigenvalue weighted by Gasteiger charge is 2.28. The zero-order valence-electron chi connectivity index (χ0n) is 15.0. The molecule has 8 heteroatoms. The molecule has 1 saturated heterocycles. The third kappa shape index (κ3) is 4.25. The molecule has 8 nitrogen and oxygen atoms in total. The summed E-state index contributed by atoms with van der Waals surface area (Å²) in [4.78, 5) is 14.3. The van der Waals surface area contributed by atoms with Crippen LogP contribution in [0.2, 0.25) is 0 Å². The summed E-state index contributed by atoms with van der Waals surface area (Å²) in [5, 5.41) is 12.9. The Morgan fingerprint density at radius 3 is 3.04 bits per heavy atom. The number of carbonyl (C=O) groups is 1. The third-order valence-corrected chi connectivity index (χ3v) is 4.66. The monoisotopic (exact) mass is 346 g/mol. The highest BCUT2D eigenvalue weighted by molar-refractivity contribution is 5.76. The number of nitrogens with zero attached hydrogens (tertiary/aromatic N) is 6. The van der Waals surface area contributed by atoms with Gasteiger partial charge in [-0.25, -0.2) is 0 Å². The van der Waals surface area contributed by atoms with Crippen molar-refractivity contribution in [3.63, 3.8) is 0 Å². The van der Waals surface area contributed by atoms with Gasteiger partial charge in [0.25, 0.3) is 0 Å². The van der Waals surface area contributed by atoms with E-state index < -0.39 is 0 Å². The average molecular weight is 346 g/mol. The molecule has 1 fully saturated rings. The van der Waals surface area contributed by atoms with Crippen molar-refractivity contribution in [2.45, 2.75) is 38.6 Å². The van der Waals surface area contributed by atoms with Crippen LogP contribution in [0, 0.1) is 0 Å². The first-order chi connectivity index (χ1) is 12.2. The largest absolute Gasteiger partial charge is 0.381 e. The second-order valence-corrected chi connectivity index (χ2v) is 6.36. The molecule has 0 saturated carbocycles. The standard InChI is InChI=1S/C17H26N6O2/c1-3-25-11-7-16(24)22-9-4-6-14(12-22)17-20-19-15(21(17)2)13-23-10-5-8-18-23/h5,8,10,14H,3-4,6-7,9,11-13H2,1-2H3/t14-/m1/s1. The molecule has 3 rings (SSSR count). The lowest BCUT2D eigenvalue weighted by atomic mass is 9.97. The zero-order chi connectivity index (χ0) is 17.6. The number of ether oxygens (including phenoxy) is 1. The molecule has 1 aliphatic rings. The fourth-order valence-corrected chi connectivity index (χ4v) is 3.28. The molecular formula is C17H26N6O2. The van der Waals surface area contributed by atoms with Crippen LogP contribution in [-0.2, 0) is 23.1 Å². The van der Waals surface area contributed by atoms with E-state index in [-0.39, 0.29) is 11.8 Å². The summed E-state index contributed by atoms with van der Waals surface area (Å²) in [6, 6.07) is 1.89. The summed E-state index contributed by atoms with van der Waals surface area (Å²) in [7, 11) is 1.99. The lowest BCUT2D eigenvalue weighted by Gasteiger charge is -2.32. The van der Waals surface area contributed by atoms with Gasteiger partial charge in [-0.3, -0.25) is 9.48 Å². The van der Waals surface area contributed by atoms with E-state index in [1.54, 1.807) is 6.20 Å². The fraction of sp³-hybridized carbons (Fsp3) is 0.647.